The fraction of sp³-hybridized carbons (Fsp3) is 0.722. The number of fused-ring (bicyclic) bond motifs is 1. The molecule has 7 nitrogen and oxygen atoms in total. The van der Waals surface area contributed by atoms with E-state index in [-0.39, 0.29) is 5.54 Å². The van der Waals surface area contributed by atoms with E-state index in [9.17, 15) is 0 Å². The van der Waals surface area contributed by atoms with Crippen LogP contribution in [0.25, 0.3) is 11.2 Å². The van der Waals surface area contributed by atoms with Crippen molar-refractivity contribution in [2.45, 2.75) is 65.5 Å². The largest absolute Gasteiger partial charge is 0.382 e. The molecule has 2 heterocycles. The number of imidazole rings is 1. The average molecular weight is 348 g/mol. The SMILES string of the molecule is CCCCNc1nc(N)c2ncn(CCCCN(C)C(C)(C)C)c2n1. The molecule has 0 fully saturated rings. The third-order valence-electron chi connectivity index (χ3n) is 4.59. The molecule has 0 aliphatic carbocycles. The first-order valence-corrected chi connectivity index (χ1v) is 9.26. The normalized spacial score (nSPS) is 12.2. The van der Waals surface area contributed by atoms with Gasteiger partial charge < -0.3 is 20.5 Å². The van der Waals surface area contributed by atoms with E-state index in [4.69, 9.17) is 5.73 Å². The van der Waals surface area contributed by atoms with Crippen molar-refractivity contribution in [2.24, 2.45) is 0 Å². The topological polar surface area (TPSA) is 84.9 Å². The molecule has 3 N–H and O–H groups in total. The maximum Gasteiger partial charge on any atom is 0.226 e. The highest BCUT2D eigenvalue weighted by Gasteiger charge is 2.16. The lowest BCUT2D eigenvalue weighted by molar-refractivity contribution is 0.172. The minimum atomic E-state index is 0.211. The van der Waals surface area contributed by atoms with Crippen LogP contribution < -0.4 is 11.1 Å². The number of rotatable bonds is 9. The van der Waals surface area contributed by atoms with Gasteiger partial charge in [-0.3, -0.25) is 0 Å². The van der Waals surface area contributed by atoms with Gasteiger partial charge in [0.2, 0.25) is 5.95 Å². The lowest BCUT2D eigenvalue weighted by Crippen LogP contribution is -2.38. The Kier molecular flexibility index (Phi) is 6.58. The quantitative estimate of drug-likeness (QED) is 0.678. The number of aryl methyl sites for hydroxylation is 1. The predicted octanol–water partition coefficient (Wildman–Crippen LogP) is 3.13. The first kappa shape index (κ1) is 19.4. The Morgan fingerprint density at radius 2 is 1.96 bits per heavy atom. The van der Waals surface area contributed by atoms with Gasteiger partial charge in [-0.05, 0) is 53.6 Å². The van der Waals surface area contributed by atoms with Gasteiger partial charge in [-0.2, -0.15) is 9.97 Å². The Morgan fingerprint density at radius 3 is 2.64 bits per heavy atom. The number of unbranched alkanes of at least 4 members (excludes halogenated alkanes) is 2. The molecule has 0 radical (unpaired) electrons. The monoisotopic (exact) mass is 347 g/mol. The fourth-order valence-electron chi connectivity index (χ4n) is 2.55. The molecule has 2 aromatic heterocycles. The minimum absolute atomic E-state index is 0.211. The van der Waals surface area contributed by atoms with E-state index in [1.54, 1.807) is 0 Å². The van der Waals surface area contributed by atoms with E-state index in [0.29, 0.717) is 17.3 Å². The van der Waals surface area contributed by atoms with E-state index in [1.807, 2.05) is 6.33 Å². The summed E-state index contributed by atoms with van der Waals surface area (Å²) in [4.78, 5) is 15.7. The summed E-state index contributed by atoms with van der Waals surface area (Å²) in [5.41, 5.74) is 7.76. The zero-order valence-corrected chi connectivity index (χ0v) is 16.3. The Morgan fingerprint density at radius 1 is 1.20 bits per heavy atom. The minimum Gasteiger partial charge on any atom is -0.382 e. The number of nitrogen functional groups attached to an aromatic ring is 1. The highest BCUT2D eigenvalue weighted by Crippen LogP contribution is 2.19. The number of nitrogens with zero attached hydrogens (tertiary/aromatic N) is 5. The van der Waals surface area contributed by atoms with Crippen LogP contribution in [0.1, 0.15) is 53.4 Å². The lowest BCUT2D eigenvalue weighted by Gasteiger charge is -2.31. The molecule has 2 rings (SSSR count). The molecular weight excluding hydrogens is 314 g/mol. The highest BCUT2D eigenvalue weighted by atomic mass is 15.2. The molecule has 0 bridgehead atoms. The van der Waals surface area contributed by atoms with Gasteiger partial charge in [0.1, 0.15) is 5.52 Å². The van der Waals surface area contributed by atoms with Crippen LogP contribution in [0.4, 0.5) is 11.8 Å². The first-order valence-electron chi connectivity index (χ1n) is 9.26. The molecule has 140 valence electrons. The number of hydrogen-bond acceptors (Lipinski definition) is 6. The van der Waals surface area contributed by atoms with Crippen LogP contribution in [0.15, 0.2) is 6.33 Å². The van der Waals surface area contributed by atoms with Crippen LogP contribution in [0, 0.1) is 0 Å². The van der Waals surface area contributed by atoms with Crippen molar-refractivity contribution in [3.63, 3.8) is 0 Å². The molecule has 25 heavy (non-hydrogen) atoms. The van der Waals surface area contributed by atoms with Gasteiger partial charge >= 0.3 is 0 Å². The Balaban J connectivity index is 1.98. The summed E-state index contributed by atoms with van der Waals surface area (Å²) in [6, 6.07) is 0. The van der Waals surface area contributed by atoms with E-state index in [1.165, 1.54) is 0 Å². The van der Waals surface area contributed by atoms with E-state index < -0.39 is 0 Å². The van der Waals surface area contributed by atoms with Crippen molar-refractivity contribution < 1.29 is 0 Å². The number of nitrogens with two attached hydrogens (primary N) is 1. The van der Waals surface area contributed by atoms with Gasteiger partial charge in [-0.25, -0.2) is 4.98 Å². The molecule has 0 saturated heterocycles. The summed E-state index contributed by atoms with van der Waals surface area (Å²) in [6.45, 7) is 11.7. The molecule has 0 spiro atoms. The van der Waals surface area contributed by atoms with Gasteiger partial charge in [0.05, 0.1) is 6.33 Å². The van der Waals surface area contributed by atoms with Gasteiger partial charge in [-0.15, -0.1) is 0 Å². The first-order chi connectivity index (χ1) is 11.8. The summed E-state index contributed by atoms with van der Waals surface area (Å²) >= 11 is 0. The number of hydrogen-bond donors (Lipinski definition) is 2. The van der Waals surface area contributed by atoms with Crippen molar-refractivity contribution in [3.05, 3.63) is 6.33 Å². The number of anilines is 2. The van der Waals surface area contributed by atoms with Gasteiger partial charge in [-0.1, -0.05) is 13.3 Å². The summed E-state index contributed by atoms with van der Waals surface area (Å²) < 4.78 is 2.08. The third kappa shape index (κ3) is 5.29. The summed E-state index contributed by atoms with van der Waals surface area (Å²) in [5.74, 6) is 1.03. The van der Waals surface area contributed by atoms with Crippen molar-refractivity contribution in [1.82, 2.24) is 24.4 Å². The van der Waals surface area contributed by atoms with Crippen LogP contribution in [0.3, 0.4) is 0 Å². The molecule has 7 heteroatoms. The molecule has 0 aromatic carbocycles. The lowest BCUT2D eigenvalue weighted by atomic mass is 10.1. The standard InChI is InChI=1S/C18H33N7/c1-6-7-10-20-17-22-15(19)14-16(23-17)25(13-21-14)12-9-8-11-24(5)18(2,3)4/h13H,6-12H2,1-5H3,(H3,19,20,22,23). The molecule has 0 amide bonds. The smallest absolute Gasteiger partial charge is 0.226 e. The summed E-state index contributed by atoms with van der Waals surface area (Å²) in [5, 5.41) is 3.24. The predicted molar refractivity (Wildman–Crippen MR) is 105 cm³/mol. The summed E-state index contributed by atoms with van der Waals surface area (Å²) in [6.07, 6.45) is 6.25. The van der Waals surface area contributed by atoms with Gasteiger partial charge in [0, 0.05) is 18.6 Å². The number of nitrogens with one attached hydrogen (secondary N) is 1. The zero-order chi connectivity index (χ0) is 18.4. The van der Waals surface area contributed by atoms with Crippen LogP contribution in [-0.4, -0.2) is 50.1 Å². The van der Waals surface area contributed by atoms with Crippen molar-refractivity contribution in [1.29, 1.82) is 0 Å². The molecule has 0 saturated carbocycles. The van der Waals surface area contributed by atoms with Crippen LogP contribution >= 0.6 is 0 Å². The summed E-state index contributed by atoms with van der Waals surface area (Å²) in [7, 11) is 2.18. The van der Waals surface area contributed by atoms with Gasteiger partial charge in [0.25, 0.3) is 0 Å². The highest BCUT2D eigenvalue weighted by molar-refractivity contribution is 5.82. The van der Waals surface area contributed by atoms with E-state index in [2.05, 4.69) is 64.5 Å². The molecule has 2 aromatic rings. The molecule has 0 atom stereocenters. The van der Waals surface area contributed by atoms with Crippen molar-refractivity contribution in [3.8, 4) is 0 Å². The molecular formula is C18H33N7. The van der Waals surface area contributed by atoms with Crippen LogP contribution in [0.5, 0.6) is 0 Å². The maximum atomic E-state index is 6.04. The second-order valence-corrected chi connectivity index (χ2v) is 7.62. The number of aromatic nitrogens is 4. The maximum absolute atomic E-state index is 6.04. The molecule has 0 unspecified atom stereocenters. The zero-order valence-electron chi connectivity index (χ0n) is 16.3. The Bertz CT molecular complexity index is 672. The van der Waals surface area contributed by atoms with Gasteiger partial charge in [0.15, 0.2) is 11.5 Å². The third-order valence-corrected chi connectivity index (χ3v) is 4.59. The molecule has 0 aliphatic heterocycles. The Hall–Kier alpha value is -1.89. The van der Waals surface area contributed by atoms with Crippen molar-refractivity contribution >= 4 is 22.9 Å². The van der Waals surface area contributed by atoms with E-state index in [0.717, 1.165) is 51.0 Å². The van der Waals surface area contributed by atoms with Crippen molar-refractivity contribution in [2.75, 3.05) is 31.2 Å². The van der Waals surface area contributed by atoms with Crippen LogP contribution in [0.2, 0.25) is 0 Å². The molecule has 0 aliphatic rings. The van der Waals surface area contributed by atoms with E-state index >= 15 is 0 Å². The van der Waals surface area contributed by atoms with Crippen LogP contribution in [-0.2, 0) is 6.54 Å². The second kappa shape index (κ2) is 8.47. The average Bonchev–Trinajstić information content (AvgIpc) is 2.94. The Labute approximate surface area is 151 Å². The second-order valence-electron chi connectivity index (χ2n) is 7.62. The fourth-order valence-corrected chi connectivity index (χ4v) is 2.55.